The van der Waals surface area contributed by atoms with E-state index in [1.54, 1.807) is 4.90 Å². The molecule has 0 radical (unpaired) electrons. The molecule has 2 aromatic heterocycles. The number of nitrogens with two attached hydrogens (primary N) is 1. The lowest BCUT2D eigenvalue weighted by Crippen LogP contribution is -2.44. The van der Waals surface area contributed by atoms with Crippen LogP contribution in [0.1, 0.15) is 76.3 Å². The molecule has 1 saturated carbocycles. The van der Waals surface area contributed by atoms with Gasteiger partial charge in [0.15, 0.2) is 0 Å². The number of aromatic nitrogens is 5. The summed E-state index contributed by atoms with van der Waals surface area (Å²) in [4.78, 5) is 54.2. The summed E-state index contributed by atoms with van der Waals surface area (Å²) >= 11 is 0. The van der Waals surface area contributed by atoms with Crippen LogP contribution in [0.5, 0.6) is 0 Å². The third kappa shape index (κ3) is 13.9. The molecule has 2 fully saturated rings. The number of nitrogens with zero attached hydrogens (tertiary/aromatic N) is 6. The number of aryl methyl sites for hydroxylation is 1. The van der Waals surface area contributed by atoms with Gasteiger partial charge in [0, 0.05) is 50.1 Å². The number of hydrogen-bond donors (Lipinski definition) is 8. The lowest BCUT2D eigenvalue weighted by molar-refractivity contribution is -0.132. The highest BCUT2D eigenvalue weighted by atomic mass is 31.2. The quantitative estimate of drug-likeness (QED) is 0.0573. The van der Waals surface area contributed by atoms with Crippen LogP contribution >= 0.6 is 7.60 Å². The molecule has 0 unspecified atom stereocenters. The van der Waals surface area contributed by atoms with E-state index < -0.39 is 25.7 Å². The summed E-state index contributed by atoms with van der Waals surface area (Å²) in [5.41, 5.74) is 7.52. The van der Waals surface area contributed by atoms with E-state index >= 15 is 0 Å². The maximum absolute atomic E-state index is 12.9. The molecule has 18 heteroatoms. The Bertz CT molecular complexity index is 1640. The number of anilines is 2. The summed E-state index contributed by atoms with van der Waals surface area (Å²) in [6.45, 7) is 5.19. The summed E-state index contributed by atoms with van der Waals surface area (Å²) in [6.07, 6.45) is 12.1. The molecule has 17 nitrogen and oxygen atoms in total. The summed E-state index contributed by atoms with van der Waals surface area (Å²) in [5.74, 6) is 0.591. The highest BCUT2D eigenvalue weighted by molar-refractivity contribution is 7.51. The van der Waals surface area contributed by atoms with Gasteiger partial charge in [0.2, 0.25) is 17.8 Å². The summed E-state index contributed by atoms with van der Waals surface area (Å²) in [6, 6.07) is 7.72. The van der Waals surface area contributed by atoms with E-state index in [2.05, 4.69) is 36.9 Å². The van der Waals surface area contributed by atoms with Crippen molar-refractivity contribution in [2.45, 2.75) is 102 Å². The van der Waals surface area contributed by atoms with Crippen LogP contribution in [-0.4, -0.2) is 115 Å². The molecule has 53 heavy (non-hydrogen) atoms. The molecule has 0 bridgehead atoms. The SMILES string of the molecule is N[C@@H](CCC(=O)N1CCC(Nc2nc(NCc3cn(CCCNCCCNC4CCCCC4)nn3)nc3ccccc23)CC1)C(=O)NCCP(=O)(O)O. The third-order valence-corrected chi connectivity index (χ3v) is 10.6. The molecule has 2 aliphatic rings. The van der Waals surface area contributed by atoms with Crippen LogP contribution in [-0.2, 0) is 27.2 Å². The molecule has 3 heterocycles. The molecule has 2 amide bonds. The van der Waals surface area contributed by atoms with Gasteiger partial charge in [-0.3, -0.25) is 18.8 Å². The molecule has 0 spiro atoms. The number of nitrogens with one attached hydrogen (secondary N) is 5. The number of carbonyl (C=O) groups is 2. The zero-order chi connectivity index (χ0) is 37.5. The van der Waals surface area contributed by atoms with Crippen molar-refractivity contribution >= 4 is 42.1 Å². The minimum Gasteiger partial charge on any atom is -0.367 e. The Balaban J connectivity index is 1.01. The number of rotatable bonds is 21. The number of para-hydroxylation sites is 1. The summed E-state index contributed by atoms with van der Waals surface area (Å²) in [7, 11) is -4.21. The Kier molecular flexibility index (Phi) is 15.8. The number of piperidine rings is 1. The Morgan fingerprint density at radius 2 is 1.74 bits per heavy atom. The van der Waals surface area contributed by atoms with Gasteiger partial charge >= 0.3 is 7.60 Å². The molecule has 3 aromatic rings. The Morgan fingerprint density at radius 1 is 0.962 bits per heavy atom. The van der Waals surface area contributed by atoms with Crippen LogP contribution in [0.4, 0.5) is 11.8 Å². The van der Waals surface area contributed by atoms with E-state index in [4.69, 9.17) is 25.5 Å². The highest BCUT2D eigenvalue weighted by Gasteiger charge is 2.25. The van der Waals surface area contributed by atoms with Crippen molar-refractivity contribution < 1.29 is 23.9 Å². The lowest BCUT2D eigenvalue weighted by atomic mass is 9.95. The van der Waals surface area contributed by atoms with Gasteiger partial charge in [-0.05, 0) is 76.7 Å². The first-order valence-corrected chi connectivity index (χ1v) is 20.9. The zero-order valence-corrected chi connectivity index (χ0v) is 31.5. The molecule has 1 atom stereocenters. The van der Waals surface area contributed by atoms with Crippen LogP contribution in [0.2, 0.25) is 0 Å². The van der Waals surface area contributed by atoms with Crippen molar-refractivity contribution in [1.82, 2.24) is 45.8 Å². The van der Waals surface area contributed by atoms with Gasteiger partial charge in [-0.25, -0.2) is 4.98 Å². The van der Waals surface area contributed by atoms with Crippen molar-refractivity contribution in [2.24, 2.45) is 5.73 Å². The fourth-order valence-corrected chi connectivity index (χ4v) is 7.18. The number of hydrogen-bond acceptors (Lipinski definition) is 12. The van der Waals surface area contributed by atoms with Crippen LogP contribution < -0.4 is 32.3 Å². The molecular weight excluding hydrogens is 699 g/mol. The molecule has 1 aliphatic carbocycles. The average Bonchev–Trinajstić information content (AvgIpc) is 3.61. The Labute approximate surface area is 311 Å². The van der Waals surface area contributed by atoms with E-state index in [0.717, 1.165) is 80.3 Å². The first-order chi connectivity index (χ1) is 25.6. The van der Waals surface area contributed by atoms with Gasteiger partial charge in [0.25, 0.3) is 0 Å². The number of fused-ring (bicyclic) bond motifs is 1. The summed E-state index contributed by atoms with van der Waals surface area (Å²) in [5, 5.41) is 26.1. The predicted octanol–water partition coefficient (Wildman–Crippen LogP) is 1.93. The lowest BCUT2D eigenvalue weighted by Gasteiger charge is -2.33. The third-order valence-electron chi connectivity index (χ3n) is 9.82. The van der Waals surface area contributed by atoms with Crippen molar-refractivity contribution in [2.75, 3.05) is 56.1 Å². The molecule has 1 aromatic carbocycles. The number of amides is 2. The van der Waals surface area contributed by atoms with E-state index in [0.29, 0.717) is 25.6 Å². The smallest absolute Gasteiger partial charge is 0.327 e. The topological polar surface area (TPSA) is 238 Å². The largest absolute Gasteiger partial charge is 0.367 e. The Morgan fingerprint density at radius 3 is 2.53 bits per heavy atom. The van der Waals surface area contributed by atoms with Crippen LogP contribution in [0.25, 0.3) is 10.9 Å². The molecule has 9 N–H and O–H groups in total. The minimum absolute atomic E-state index is 0.0810. The van der Waals surface area contributed by atoms with E-state index in [-0.39, 0.29) is 31.3 Å². The van der Waals surface area contributed by atoms with E-state index in [1.807, 2.05) is 35.1 Å². The van der Waals surface area contributed by atoms with Crippen molar-refractivity contribution in [1.29, 1.82) is 0 Å². The van der Waals surface area contributed by atoms with E-state index in [1.165, 1.54) is 32.1 Å². The Hall–Kier alpha value is -3.73. The standard InChI is InChI=1S/C35H57N12O5P/c36-30(34(49)39-19-23-53(50,51)52)12-13-32(48)46-21-14-27(15-22-46)41-33-29-10-4-5-11-31(29)42-35(43-33)40-24-28-25-47(45-44-28)20-7-17-37-16-6-18-38-26-8-2-1-3-9-26/h4-5,10-11,25-27,30,37-38H,1-3,6-9,12-24,36H2,(H,39,49)(H2,50,51,52)(H2,40,41,42,43)/t30-/m0/s1. The van der Waals surface area contributed by atoms with Crippen LogP contribution in [0.15, 0.2) is 30.5 Å². The van der Waals surface area contributed by atoms with Gasteiger partial charge in [0.05, 0.1) is 30.5 Å². The zero-order valence-electron chi connectivity index (χ0n) is 30.6. The predicted molar refractivity (Wildman–Crippen MR) is 204 cm³/mol. The molecular formula is C35H57N12O5P. The number of carbonyl (C=O) groups excluding carboxylic acids is 2. The van der Waals surface area contributed by atoms with Gasteiger partial charge in [0.1, 0.15) is 11.5 Å². The molecule has 1 saturated heterocycles. The van der Waals surface area contributed by atoms with Crippen LogP contribution in [0.3, 0.4) is 0 Å². The molecule has 1 aliphatic heterocycles. The second-order valence-corrected chi connectivity index (χ2v) is 15.9. The first-order valence-electron chi connectivity index (χ1n) is 19.1. The fraction of sp³-hybridized carbons (Fsp3) is 0.657. The monoisotopic (exact) mass is 756 g/mol. The van der Waals surface area contributed by atoms with Gasteiger partial charge in [-0.15, -0.1) is 5.10 Å². The van der Waals surface area contributed by atoms with Crippen molar-refractivity contribution in [3.8, 4) is 0 Å². The summed E-state index contributed by atoms with van der Waals surface area (Å²) < 4.78 is 12.8. The van der Waals surface area contributed by atoms with Gasteiger partial charge in [-0.2, -0.15) is 4.98 Å². The van der Waals surface area contributed by atoms with Crippen LogP contribution in [0, 0.1) is 0 Å². The average molecular weight is 757 g/mol. The fourth-order valence-electron chi connectivity index (χ4n) is 6.77. The second-order valence-electron chi connectivity index (χ2n) is 14.1. The molecule has 292 valence electrons. The number of likely N-dealkylation sites (tertiary alicyclic amines) is 1. The number of benzene rings is 1. The van der Waals surface area contributed by atoms with E-state index in [9.17, 15) is 14.2 Å². The maximum Gasteiger partial charge on any atom is 0.327 e. The van der Waals surface area contributed by atoms with Gasteiger partial charge < -0.3 is 47.0 Å². The highest BCUT2D eigenvalue weighted by Crippen LogP contribution is 2.32. The van der Waals surface area contributed by atoms with Crippen molar-refractivity contribution in [3.63, 3.8) is 0 Å². The van der Waals surface area contributed by atoms with Crippen molar-refractivity contribution in [3.05, 3.63) is 36.2 Å². The second kappa shape index (κ2) is 20.7. The maximum atomic E-state index is 12.9. The molecule has 5 rings (SSSR count). The minimum atomic E-state index is -4.21. The normalized spacial score (nSPS) is 16.5. The van der Waals surface area contributed by atoms with Gasteiger partial charge in [-0.1, -0.05) is 36.6 Å². The first kappa shape index (κ1) is 40.5.